The summed E-state index contributed by atoms with van der Waals surface area (Å²) < 4.78 is 6.19. The van der Waals surface area contributed by atoms with Gasteiger partial charge in [-0.3, -0.25) is 14.5 Å². The first-order chi connectivity index (χ1) is 19.0. The zero-order chi connectivity index (χ0) is 26.8. The van der Waals surface area contributed by atoms with Crippen LogP contribution in [0.3, 0.4) is 0 Å². The van der Waals surface area contributed by atoms with Crippen molar-refractivity contribution < 1.29 is 14.3 Å². The topological polar surface area (TPSA) is 78.0 Å². The van der Waals surface area contributed by atoms with Crippen LogP contribution in [0.4, 0.5) is 5.82 Å². The summed E-state index contributed by atoms with van der Waals surface area (Å²) in [4.78, 5) is 36.5. The first-order valence-electron chi connectivity index (χ1n) is 13.6. The molecule has 200 valence electrons. The fourth-order valence-electron chi connectivity index (χ4n) is 5.61. The number of piperidine rings is 1. The Balaban J connectivity index is 1.03. The van der Waals surface area contributed by atoms with Gasteiger partial charge in [-0.05, 0) is 48.2 Å². The Bertz CT molecular complexity index is 1370. The Morgan fingerprint density at radius 1 is 0.949 bits per heavy atom. The van der Waals surface area contributed by atoms with Crippen molar-refractivity contribution in [2.24, 2.45) is 0 Å². The number of amides is 2. The minimum Gasteiger partial charge on any atom is -0.489 e. The van der Waals surface area contributed by atoms with E-state index in [-0.39, 0.29) is 11.8 Å². The average molecular weight is 524 g/mol. The fourth-order valence-corrected chi connectivity index (χ4v) is 5.61. The number of benzene rings is 2. The minimum absolute atomic E-state index is 0.117. The SMILES string of the molecule is C=C1CCC(N2Cc3c(OCc4ccc(CN5CCN(c6ccccn6)CC5)cc4)cccc3C2=O)C(=O)N1. The summed E-state index contributed by atoms with van der Waals surface area (Å²) in [6.07, 6.45) is 3.12. The highest BCUT2D eigenvalue weighted by Crippen LogP contribution is 2.34. The molecule has 1 aromatic heterocycles. The molecular formula is C31H33N5O3. The Morgan fingerprint density at radius 2 is 1.74 bits per heavy atom. The highest BCUT2D eigenvalue weighted by molar-refractivity contribution is 6.02. The molecular weight excluding hydrogens is 490 g/mol. The third kappa shape index (κ3) is 5.38. The number of nitrogens with one attached hydrogen (secondary N) is 1. The molecule has 8 heteroatoms. The molecule has 0 radical (unpaired) electrons. The van der Waals surface area contributed by atoms with Crippen LogP contribution in [0.15, 0.2) is 79.1 Å². The minimum atomic E-state index is -0.478. The molecule has 0 saturated carbocycles. The van der Waals surface area contributed by atoms with Crippen molar-refractivity contribution in [2.75, 3.05) is 31.1 Å². The highest BCUT2D eigenvalue weighted by Gasteiger charge is 2.39. The monoisotopic (exact) mass is 523 g/mol. The van der Waals surface area contributed by atoms with Gasteiger partial charge in [-0.2, -0.15) is 0 Å². The number of carbonyl (C=O) groups excluding carboxylic acids is 2. The Labute approximate surface area is 228 Å². The number of hydrogen-bond acceptors (Lipinski definition) is 6. The number of fused-ring (bicyclic) bond motifs is 1. The summed E-state index contributed by atoms with van der Waals surface area (Å²) in [5.74, 6) is 1.46. The molecule has 1 N–H and O–H groups in total. The number of aromatic nitrogens is 1. The van der Waals surface area contributed by atoms with Gasteiger partial charge in [-0.1, -0.05) is 43.0 Å². The highest BCUT2D eigenvalue weighted by atomic mass is 16.5. The third-order valence-electron chi connectivity index (χ3n) is 7.82. The van der Waals surface area contributed by atoms with E-state index < -0.39 is 6.04 Å². The second kappa shape index (κ2) is 10.9. The van der Waals surface area contributed by atoms with Crippen LogP contribution in [0, 0.1) is 0 Å². The molecule has 6 rings (SSSR count). The summed E-state index contributed by atoms with van der Waals surface area (Å²) in [7, 11) is 0. The third-order valence-corrected chi connectivity index (χ3v) is 7.82. The maximum Gasteiger partial charge on any atom is 0.255 e. The van der Waals surface area contributed by atoms with E-state index >= 15 is 0 Å². The van der Waals surface area contributed by atoms with Crippen LogP contribution in [0.25, 0.3) is 0 Å². The smallest absolute Gasteiger partial charge is 0.255 e. The van der Waals surface area contributed by atoms with Crippen molar-refractivity contribution in [3.63, 3.8) is 0 Å². The van der Waals surface area contributed by atoms with Gasteiger partial charge in [0.05, 0.1) is 6.54 Å². The van der Waals surface area contributed by atoms with Gasteiger partial charge in [-0.15, -0.1) is 0 Å². The van der Waals surface area contributed by atoms with Gasteiger partial charge in [-0.25, -0.2) is 4.98 Å². The molecule has 2 fully saturated rings. The van der Waals surface area contributed by atoms with E-state index in [4.69, 9.17) is 4.74 Å². The van der Waals surface area contributed by atoms with E-state index in [0.717, 1.165) is 49.7 Å². The van der Waals surface area contributed by atoms with Gasteiger partial charge in [0.1, 0.15) is 24.2 Å². The van der Waals surface area contributed by atoms with Crippen molar-refractivity contribution in [3.8, 4) is 5.75 Å². The van der Waals surface area contributed by atoms with Crippen LogP contribution in [-0.4, -0.2) is 58.8 Å². The lowest BCUT2D eigenvalue weighted by Gasteiger charge is -2.35. The van der Waals surface area contributed by atoms with Gasteiger partial charge in [0.2, 0.25) is 5.91 Å². The predicted molar refractivity (Wildman–Crippen MR) is 149 cm³/mol. The number of hydrogen-bond donors (Lipinski definition) is 1. The molecule has 2 aromatic carbocycles. The normalized spacial score (nSPS) is 19.7. The summed E-state index contributed by atoms with van der Waals surface area (Å²) in [6, 6.07) is 19.7. The van der Waals surface area contributed by atoms with E-state index in [1.807, 2.05) is 36.5 Å². The molecule has 39 heavy (non-hydrogen) atoms. The largest absolute Gasteiger partial charge is 0.489 e. The molecule has 2 amide bonds. The molecule has 3 aromatic rings. The molecule has 1 atom stereocenters. The van der Waals surface area contributed by atoms with Gasteiger partial charge >= 0.3 is 0 Å². The Morgan fingerprint density at radius 3 is 2.49 bits per heavy atom. The van der Waals surface area contributed by atoms with E-state index in [9.17, 15) is 9.59 Å². The van der Waals surface area contributed by atoms with Crippen LogP contribution in [0.2, 0.25) is 0 Å². The number of anilines is 1. The first kappa shape index (κ1) is 25.1. The number of pyridine rings is 1. The van der Waals surface area contributed by atoms with Crippen LogP contribution >= 0.6 is 0 Å². The van der Waals surface area contributed by atoms with E-state index in [0.29, 0.717) is 43.0 Å². The summed E-state index contributed by atoms with van der Waals surface area (Å²) in [5.41, 5.74) is 4.52. The number of rotatable bonds is 7. The Kier molecular flexibility index (Phi) is 7.02. The van der Waals surface area contributed by atoms with Crippen molar-refractivity contribution in [2.45, 2.75) is 38.6 Å². The quantitative estimate of drug-likeness (QED) is 0.509. The van der Waals surface area contributed by atoms with Crippen molar-refractivity contribution in [3.05, 3.63) is 101 Å². The van der Waals surface area contributed by atoms with E-state index in [2.05, 4.69) is 57.0 Å². The molecule has 4 heterocycles. The van der Waals surface area contributed by atoms with Gasteiger partial charge in [0, 0.05) is 55.7 Å². The van der Waals surface area contributed by atoms with Crippen LogP contribution in [0.5, 0.6) is 5.75 Å². The number of carbonyl (C=O) groups is 2. The zero-order valence-corrected chi connectivity index (χ0v) is 22.0. The second-order valence-corrected chi connectivity index (χ2v) is 10.4. The molecule has 0 aliphatic carbocycles. The number of ether oxygens (including phenoxy) is 1. The predicted octanol–water partition coefficient (Wildman–Crippen LogP) is 3.73. The summed E-state index contributed by atoms with van der Waals surface area (Å²) in [5, 5.41) is 2.79. The number of allylic oxidation sites excluding steroid dienone is 1. The van der Waals surface area contributed by atoms with Gasteiger partial charge in [0.25, 0.3) is 5.91 Å². The fraction of sp³-hybridized carbons (Fsp3) is 0.323. The molecule has 2 saturated heterocycles. The average Bonchev–Trinajstić information content (AvgIpc) is 3.30. The van der Waals surface area contributed by atoms with Crippen LogP contribution < -0.4 is 15.0 Å². The Hall–Kier alpha value is -4.17. The number of nitrogens with zero attached hydrogens (tertiary/aromatic N) is 4. The van der Waals surface area contributed by atoms with Crippen molar-refractivity contribution >= 4 is 17.6 Å². The molecule has 3 aliphatic heterocycles. The zero-order valence-electron chi connectivity index (χ0n) is 22.0. The van der Waals surface area contributed by atoms with E-state index in [1.165, 1.54) is 5.56 Å². The molecule has 0 spiro atoms. The summed E-state index contributed by atoms with van der Waals surface area (Å²) >= 11 is 0. The standard InChI is InChI=1S/C31H33N5O3/c1-22-8-13-27(30(37)33-22)36-20-26-25(31(36)38)5-4-6-28(26)39-21-24-11-9-23(10-12-24)19-34-15-17-35(18-16-34)29-7-2-3-14-32-29/h2-7,9-12,14,27H,1,8,13,15-21H2,(H,33,37). The number of piperazine rings is 1. The van der Waals surface area contributed by atoms with Crippen molar-refractivity contribution in [1.29, 1.82) is 0 Å². The van der Waals surface area contributed by atoms with Crippen LogP contribution in [-0.2, 0) is 24.5 Å². The molecule has 0 bridgehead atoms. The second-order valence-electron chi connectivity index (χ2n) is 10.4. The maximum atomic E-state index is 13.1. The maximum absolute atomic E-state index is 13.1. The first-order valence-corrected chi connectivity index (χ1v) is 13.6. The summed E-state index contributed by atoms with van der Waals surface area (Å²) in [6.45, 7) is 9.52. The van der Waals surface area contributed by atoms with Crippen LogP contribution in [0.1, 0.15) is 39.9 Å². The van der Waals surface area contributed by atoms with Gasteiger partial charge < -0.3 is 19.9 Å². The molecule has 1 unspecified atom stereocenters. The van der Waals surface area contributed by atoms with Gasteiger partial charge in [0.15, 0.2) is 0 Å². The molecule has 8 nitrogen and oxygen atoms in total. The molecule has 3 aliphatic rings. The lowest BCUT2D eigenvalue weighted by atomic mass is 10.0. The lowest BCUT2D eigenvalue weighted by Crippen LogP contribution is -2.49. The van der Waals surface area contributed by atoms with Crippen molar-refractivity contribution in [1.82, 2.24) is 20.1 Å². The lowest BCUT2D eigenvalue weighted by molar-refractivity contribution is -0.126. The van der Waals surface area contributed by atoms with E-state index in [1.54, 1.807) is 4.90 Å².